The lowest BCUT2D eigenvalue weighted by atomic mass is 9.64. The third kappa shape index (κ3) is 2.53. The summed E-state index contributed by atoms with van der Waals surface area (Å²) in [5.74, 6) is 0.681. The molecule has 7 atom stereocenters. The van der Waals surface area contributed by atoms with Gasteiger partial charge >= 0.3 is 0 Å². The zero-order valence-electron chi connectivity index (χ0n) is 15.0. The number of rotatable bonds is 2. The van der Waals surface area contributed by atoms with Crippen LogP contribution in [0.25, 0.3) is 0 Å². The number of hydrogen-bond acceptors (Lipinski definition) is 3. The molecule has 2 aliphatic heterocycles. The van der Waals surface area contributed by atoms with E-state index in [0.717, 1.165) is 18.4 Å². The SMILES string of the molecule is CC1C(=O)C2OC(c3ccccc3)CC3OC(c4ccccc4)C1CC32. The highest BCUT2D eigenvalue weighted by atomic mass is 16.5. The van der Waals surface area contributed by atoms with Crippen molar-refractivity contribution in [3.05, 3.63) is 71.8 Å². The molecular formula is C23H24O3. The molecule has 3 heteroatoms. The van der Waals surface area contributed by atoms with Crippen LogP contribution in [0.5, 0.6) is 0 Å². The van der Waals surface area contributed by atoms with Crippen molar-refractivity contribution >= 4 is 5.78 Å². The van der Waals surface area contributed by atoms with Crippen molar-refractivity contribution in [3.63, 3.8) is 0 Å². The zero-order valence-corrected chi connectivity index (χ0v) is 15.0. The average molecular weight is 348 g/mol. The number of hydrogen-bond donors (Lipinski definition) is 0. The summed E-state index contributed by atoms with van der Waals surface area (Å²) in [6.45, 7) is 2.05. The molecule has 1 saturated carbocycles. The molecule has 0 N–H and O–H groups in total. The van der Waals surface area contributed by atoms with E-state index in [1.54, 1.807) is 0 Å². The van der Waals surface area contributed by atoms with E-state index in [9.17, 15) is 4.79 Å². The van der Waals surface area contributed by atoms with Crippen LogP contribution in [0, 0.1) is 17.8 Å². The van der Waals surface area contributed by atoms with E-state index >= 15 is 0 Å². The molecule has 26 heavy (non-hydrogen) atoms. The van der Waals surface area contributed by atoms with Crippen molar-refractivity contribution < 1.29 is 14.3 Å². The van der Waals surface area contributed by atoms with Gasteiger partial charge in [-0.05, 0) is 23.5 Å². The van der Waals surface area contributed by atoms with Crippen LogP contribution in [-0.2, 0) is 14.3 Å². The lowest BCUT2D eigenvalue weighted by molar-refractivity contribution is -0.235. The van der Waals surface area contributed by atoms with Gasteiger partial charge in [-0.25, -0.2) is 0 Å². The molecule has 0 aromatic heterocycles. The van der Waals surface area contributed by atoms with Gasteiger partial charge in [-0.1, -0.05) is 67.6 Å². The van der Waals surface area contributed by atoms with Crippen molar-refractivity contribution in [2.24, 2.45) is 17.8 Å². The number of ether oxygens (including phenoxy) is 2. The molecule has 134 valence electrons. The smallest absolute Gasteiger partial charge is 0.165 e. The Balaban J connectivity index is 1.50. The quantitative estimate of drug-likeness (QED) is 0.802. The molecular weight excluding hydrogens is 324 g/mol. The number of benzene rings is 2. The summed E-state index contributed by atoms with van der Waals surface area (Å²) in [5.41, 5.74) is 2.33. The van der Waals surface area contributed by atoms with Crippen LogP contribution in [0.15, 0.2) is 60.7 Å². The second kappa shape index (κ2) is 6.33. The highest BCUT2D eigenvalue weighted by Gasteiger charge is 2.55. The van der Waals surface area contributed by atoms with Gasteiger partial charge in [-0.2, -0.15) is 0 Å². The first-order valence-electron chi connectivity index (χ1n) is 9.67. The summed E-state index contributed by atoms with van der Waals surface area (Å²) in [4.78, 5) is 13.1. The standard InChI is InChI=1S/C23H24O3/c1-14-17-12-18-20(26-22(17)16-10-6-3-7-11-16)13-19(25-23(18)21(14)24)15-8-4-2-5-9-15/h2-11,14,17-20,22-23H,12-13H2,1H3. The maximum Gasteiger partial charge on any atom is 0.165 e. The van der Waals surface area contributed by atoms with Gasteiger partial charge in [-0.3, -0.25) is 4.79 Å². The molecule has 1 aliphatic carbocycles. The topological polar surface area (TPSA) is 35.5 Å². The van der Waals surface area contributed by atoms with Crippen molar-refractivity contribution in [1.29, 1.82) is 0 Å². The molecule has 2 aromatic carbocycles. The van der Waals surface area contributed by atoms with Gasteiger partial charge in [0, 0.05) is 18.3 Å². The maximum atomic E-state index is 13.1. The van der Waals surface area contributed by atoms with E-state index in [0.29, 0.717) is 0 Å². The fourth-order valence-corrected chi connectivity index (χ4v) is 5.14. The van der Waals surface area contributed by atoms with Crippen LogP contribution in [0.2, 0.25) is 0 Å². The maximum absolute atomic E-state index is 13.1. The number of ketones is 1. The molecule has 5 rings (SSSR count). The molecule has 2 heterocycles. The minimum atomic E-state index is -0.318. The largest absolute Gasteiger partial charge is 0.369 e. The Bertz CT molecular complexity index is 788. The van der Waals surface area contributed by atoms with Crippen LogP contribution in [0.3, 0.4) is 0 Å². The van der Waals surface area contributed by atoms with Gasteiger partial charge in [0.25, 0.3) is 0 Å². The van der Waals surface area contributed by atoms with Crippen LogP contribution in [0.4, 0.5) is 0 Å². The first kappa shape index (κ1) is 16.2. The normalized spacial score (nSPS) is 38.8. The van der Waals surface area contributed by atoms with Gasteiger partial charge in [0.2, 0.25) is 0 Å². The number of fused-ring (bicyclic) bond motifs is 1. The molecule has 0 amide bonds. The predicted octanol–water partition coefficient (Wildman–Crippen LogP) is 4.50. The van der Waals surface area contributed by atoms with E-state index in [1.165, 1.54) is 5.56 Å². The molecule has 0 radical (unpaired) electrons. The van der Waals surface area contributed by atoms with Crippen LogP contribution < -0.4 is 0 Å². The lowest BCUT2D eigenvalue weighted by Crippen LogP contribution is -2.58. The first-order chi connectivity index (χ1) is 12.7. The van der Waals surface area contributed by atoms with Crippen LogP contribution in [-0.4, -0.2) is 18.0 Å². The summed E-state index contributed by atoms with van der Waals surface area (Å²) >= 11 is 0. The van der Waals surface area contributed by atoms with E-state index < -0.39 is 0 Å². The molecule has 3 fully saturated rings. The Kier molecular flexibility index (Phi) is 3.95. The second-order valence-electron chi connectivity index (χ2n) is 7.95. The van der Waals surface area contributed by atoms with Gasteiger partial charge < -0.3 is 9.47 Å². The van der Waals surface area contributed by atoms with Crippen molar-refractivity contribution in [2.45, 2.75) is 44.2 Å². The highest BCUT2D eigenvalue weighted by Crippen LogP contribution is 2.53. The minimum absolute atomic E-state index is 0.00636. The molecule has 3 aliphatic rings. The molecule has 2 bridgehead atoms. The summed E-state index contributed by atoms with van der Waals surface area (Å²) in [7, 11) is 0. The Labute approximate surface area is 154 Å². The summed E-state index contributed by atoms with van der Waals surface area (Å²) in [6.07, 6.45) is 1.54. The highest BCUT2D eigenvalue weighted by molar-refractivity contribution is 5.87. The number of carbonyl (C=O) groups is 1. The Morgan fingerprint density at radius 3 is 2.12 bits per heavy atom. The van der Waals surface area contributed by atoms with Crippen LogP contribution in [0.1, 0.15) is 43.1 Å². The van der Waals surface area contributed by atoms with Gasteiger partial charge in [0.1, 0.15) is 6.10 Å². The number of carbonyl (C=O) groups excluding carboxylic acids is 1. The van der Waals surface area contributed by atoms with Gasteiger partial charge in [-0.15, -0.1) is 0 Å². The Morgan fingerprint density at radius 2 is 1.42 bits per heavy atom. The monoisotopic (exact) mass is 348 g/mol. The summed E-state index contributed by atoms with van der Waals surface area (Å²) in [6, 6.07) is 20.6. The lowest BCUT2D eigenvalue weighted by Gasteiger charge is -2.54. The fourth-order valence-electron chi connectivity index (χ4n) is 5.14. The van der Waals surface area contributed by atoms with Crippen molar-refractivity contribution in [2.75, 3.05) is 0 Å². The van der Waals surface area contributed by atoms with E-state index in [1.807, 2.05) is 24.3 Å². The molecule has 3 nitrogen and oxygen atoms in total. The van der Waals surface area contributed by atoms with Gasteiger partial charge in [0.15, 0.2) is 5.78 Å². The summed E-state index contributed by atoms with van der Waals surface area (Å²) < 4.78 is 13.0. The van der Waals surface area contributed by atoms with Crippen molar-refractivity contribution in [1.82, 2.24) is 0 Å². The molecule has 2 aromatic rings. The Hall–Kier alpha value is -1.97. The second-order valence-corrected chi connectivity index (χ2v) is 7.95. The van der Waals surface area contributed by atoms with Gasteiger partial charge in [0.05, 0.1) is 18.3 Å². The number of Topliss-reactive ketones (excluding diaryl/α,β-unsaturated/α-hetero) is 1. The zero-order chi connectivity index (χ0) is 17.7. The third-order valence-corrected chi connectivity index (χ3v) is 6.55. The molecule has 7 unspecified atom stereocenters. The van der Waals surface area contributed by atoms with E-state index in [-0.39, 0.29) is 48.0 Å². The fraction of sp³-hybridized carbons (Fsp3) is 0.435. The minimum Gasteiger partial charge on any atom is -0.369 e. The van der Waals surface area contributed by atoms with E-state index in [4.69, 9.17) is 9.47 Å². The van der Waals surface area contributed by atoms with Crippen LogP contribution >= 0.6 is 0 Å². The summed E-state index contributed by atoms with van der Waals surface area (Å²) in [5, 5.41) is 0. The third-order valence-electron chi connectivity index (χ3n) is 6.55. The molecule has 0 spiro atoms. The predicted molar refractivity (Wildman–Crippen MR) is 98.5 cm³/mol. The Morgan fingerprint density at radius 1 is 0.769 bits per heavy atom. The molecule has 2 saturated heterocycles. The first-order valence-corrected chi connectivity index (χ1v) is 9.67. The average Bonchev–Trinajstić information content (AvgIpc) is 2.71. The van der Waals surface area contributed by atoms with E-state index in [2.05, 4.69) is 43.3 Å². The van der Waals surface area contributed by atoms with Crippen molar-refractivity contribution in [3.8, 4) is 0 Å².